The van der Waals surface area contributed by atoms with Crippen LogP contribution in [-0.4, -0.2) is 115 Å². The van der Waals surface area contributed by atoms with Gasteiger partial charge in [0, 0.05) is 68.1 Å². The Hall–Kier alpha value is -3.67. The molecule has 0 radical (unpaired) electrons. The summed E-state index contributed by atoms with van der Waals surface area (Å²) in [6.07, 6.45) is 9.35. The second-order valence-corrected chi connectivity index (χ2v) is 15.8. The molecule has 2 aromatic carbocycles. The van der Waals surface area contributed by atoms with E-state index >= 15 is 0 Å². The molecule has 2 bridgehead atoms. The standard InChI is InChI=1S/C40H53N7O4/c1-3-27-7-4-8-28-9-5-10-35(36(27)28)44-20-15-33-34(24-44)42-38(43-37(33)46-21-29-11-12-30(22-46)41-29)51-26-40-16-6-18-47(40)31(13-17-40)25-50-39(48)45-19-14-32(23-45)49-2/h4-5,7-10,29-32,41H,3,6,11-26H2,1-2H3/t29?,30?,31?,32-,40?/m1/s1. The first kappa shape index (κ1) is 33.2. The molecule has 1 N–H and O–H groups in total. The van der Waals surface area contributed by atoms with Crippen LogP contribution in [0.5, 0.6) is 6.01 Å². The quantitative estimate of drug-likeness (QED) is 0.332. The van der Waals surface area contributed by atoms with Crippen molar-refractivity contribution in [1.29, 1.82) is 0 Å². The first-order chi connectivity index (χ1) is 25.0. The van der Waals surface area contributed by atoms with Crippen LogP contribution in [0.15, 0.2) is 36.4 Å². The van der Waals surface area contributed by atoms with Crippen molar-refractivity contribution < 1.29 is 19.0 Å². The summed E-state index contributed by atoms with van der Waals surface area (Å²) in [6.45, 7) is 9.16. The summed E-state index contributed by atoms with van der Waals surface area (Å²) in [5.41, 5.74) is 4.98. The molecule has 0 aliphatic carbocycles. The molecule has 9 rings (SSSR count). The summed E-state index contributed by atoms with van der Waals surface area (Å²) in [5.74, 6) is 1.08. The third-order valence-corrected chi connectivity index (χ3v) is 12.9. The summed E-state index contributed by atoms with van der Waals surface area (Å²) >= 11 is 0. The predicted octanol–water partition coefficient (Wildman–Crippen LogP) is 4.93. The zero-order valence-electron chi connectivity index (χ0n) is 30.3. The van der Waals surface area contributed by atoms with Crippen molar-refractivity contribution in [3.8, 4) is 6.01 Å². The summed E-state index contributed by atoms with van der Waals surface area (Å²) in [4.78, 5) is 32.7. The molecule has 5 saturated heterocycles. The number of amides is 1. The Morgan fingerprint density at radius 1 is 0.961 bits per heavy atom. The molecule has 5 fully saturated rings. The Labute approximate surface area is 301 Å². The minimum absolute atomic E-state index is 0.0784. The van der Waals surface area contributed by atoms with E-state index in [1.165, 1.54) is 40.4 Å². The highest BCUT2D eigenvalue weighted by Crippen LogP contribution is 2.43. The number of anilines is 2. The molecule has 0 spiro atoms. The number of carbonyl (C=O) groups is 1. The van der Waals surface area contributed by atoms with Gasteiger partial charge in [-0.2, -0.15) is 9.97 Å². The second kappa shape index (κ2) is 13.7. The number of rotatable bonds is 9. The molecule has 6 aliphatic rings. The molecule has 11 nitrogen and oxygen atoms in total. The topological polar surface area (TPSA) is 95.5 Å². The summed E-state index contributed by atoms with van der Waals surface area (Å²) in [6, 6.07) is 15.1. The first-order valence-corrected chi connectivity index (χ1v) is 19.5. The average Bonchev–Trinajstić information content (AvgIpc) is 3.96. The van der Waals surface area contributed by atoms with Crippen LogP contribution >= 0.6 is 0 Å². The van der Waals surface area contributed by atoms with E-state index in [9.17, 15) is 4.79 Å². The molecular formula is C40H53N7O4. The third-order valence-electron chi connectivity index (χ3n) is 12.9. The van der Waals surface area contributed by atoms with E-state index in [0.29, 0.717) is 44.4 Å². The number of ether oxygens (including phenoxy) is 3. The van der Waals surface area contributed by atoms with Gasteiger partial charge >= 0.3 is 12.1 Å². The summed E-state index contributed by atoms with van der Waals surface area (Å²) in [5, 5.41) is 6.45. The van der Waals surface area contributed by atoms with Gasteiger partial charge in [0.1, 0.15) is 19.0 Å². The number of carbonyl (C=O) groups excluding carboxylic acids is 1. The van der Waals surface area contributed by atoms with Crippen molar-refractivity contribution >= 4 is 28.4 Å². The molecule has 3 aromatic rings. The average molecular weight is 696 g/mol. The van der Waals surface area contributed by atoms with Crippen molar-refractivity contribution in [3.63, 3.8) is 0 Å². The maximum absolute atomic E-state index is 12.9. The fourth-order valence-corrected chi connectivity index (χ4v) is 10.2. The number of fused-ring (bicyclic) bond motifs is 5. The lowest BCUT2D eigenvalue weighted by Crippen LogP contribution is -2.52. The lowest BCUT2D eigenvalue weighted by atomic mass is 9.95. The van der Waals surface area contributed by atoms with Crippen LogP contribution in [0.2, 0.25) is 0 Å². The maximum atomic E-state index is 12.9. The van der Waals surface area contributed by atoms with Gasteiger partial charge in [0.15, 0.2) is 0 Å². The lowest BCUT2D eigenvalue weighted by molar-refractivity contribution is 0.0435. The maximum Gasteiger partial charge on any atom is 0.409 e. The zero-order valence-corrected chi connectivity index (χ0v) is 30.3. The molecule has 0 saturated carbocycles. The molecule has 5 atom stereocenters. The van der Waals surface area contributed by atoms with Crippen LogP contribution in [0.1, 0.15) is 68.7 Å². The van der Waals surface area contributed by atoms with E-state index in [0.717, 1.165) is 89.2 Å². The minimum atomic E-state index is -0.220. The number of benzene rings is 2. The van der Waals surface area contributed by atoms with Gasteiger partial charge in [0.05, 0.1) is 30.4 Å². The molecule has 1 aromatic heterocycles. The highest BCUT2D eigenvalue weighted by Gasteiger charge is 2.50. The Morgan fingerprint density at radius 2 is 1.80 bits per heavy atom. The number of likely N-dealkylation sites (tertiary alicyclic amines) is 1. The Morgan fingerprint density at radius 3 is 2.61 bits per heavy atom. The van der Waals surface area contributed by atoms with Crippen LogP contribution in [-0.2, 0) is 28.9 Å². The van der Waals surface area contributed by atoms with E-state index < -0.39 is 0 Å². The van der Waals surface area contributed by atoms with Gasteiger partial charge in [0.2, 0.25) is 0 Å². The fraction of sp³-hybridized carbons (Fsp3) is 0.625. The van der Waals surface area contributed by atoms with Crippen LogP contribution in [0, 0.1) is 0 Å². The van der Waals surface area contributed by atoms with Crippen LogP contribution in [0.3, 0.4) is 0 Å². The normalized spacial score (nSPS) is 28.8. The Balaban J connectivity index is 0.953. The van der Waals surface area contributed by atoms with Crippen LogP contribution in [0.25, 0.3) is 10.8 Å². The molecular weight excluding hydrogens is 642 g/mol. The number of aryl methyl sites for hydroxylation is 1. The first-order valence-electron chi connectivity index (χ1n) is 19.5. The summed E-state index contributed by atoms with van der Waals surface area (Å²) < 4.78 is 18.1. The zero-order chi connectivity index (χ0) is 34.5. The highest BCUT2D eigenvalue weighted by atomic mass is 16.6. The van der Waals surface area contributed by atoms with Crippen molar-refractivity contribution in [2.75, 3.05) is 69.4 Å². The number of hydrogen-bond donors (Lipinski definition) is 1. The number of hydrogen-bond acceptors (Lipinski definition) is 10. The monoisotopic (exact) mass is 695 g/mol. The van der Waals surface area contributed by atoms with Crippen molar-refractivity contribution in [2.45, 2.75) is 101 Å². The van der Waals surface area contributed by atoms with Gasteiger partial charge in [-0.1, -0.05) is 37.3 Å². The SMILES string of the molecule is CCc1cccc2cccc(N3CCc4c(nc(OCC56CCCN5C(COC(=O)N5CC[C@@H](OC)C5)CC6)nc4N4CC5CCC(C4)N5)C3)c12. The second-order valence-electron chi connectivity index (χ2n) is 15.8. The largest absolute Gasteiger partial charge is 0.461 e. The molecule has 1 amide bonds. The Bertz CT molecular complexity index is 1750. The van der Waals surface area contributed by atoms with Crippen molar-refractivity contribution in [2.24, 2.45) is 0 Å². The van der Waals surface area contributed by atoms with Gasteiger partial charge in [-0.05, 0) is 81.3 Å². The van der Waals surface area contributed by atoms with E-state index in [4.69, 9.17) is 24.2 Å². The molecule has 6 aliphatic heterocycles. The van der Waals surface area contributed by atoms with Gasteiger partial charge in [-0.15, -0.1) is 0 Å². The predicted molar refractivity (Wildman–Crippen MR) is 198 cm³/mol. The van der Waals surface area contributed by atoms with Crippen molar-refractivity contribution in [3.05, 3.63) is 53.2 Å². The number of piperazine rings is 1. The van der Waals surface area contributed by atoms with Gasteiger partial charge in [0.25, 0.3) is 0 Å². The van der Waals surface area contributed by atoms with Crippen LogP contribution < -0.4 is 19.9 Å². The van der Waals surface area contributed by atoms with E-state index in [2.05, 4.69) is 63.3 Å². The fourth-order valence-electron chi connectivity index (χ4n) is 10.2. The number of nitrogens with zero attached hydrogens (tertiary/aromatic N) is 6. The van der Waals surface area contributed by atoms with Crippen LogP contribution in [0.4, 0.5) is 16.3 Å². The summed E-state index contributed by atoms with van der Waals surface area (Å²) in [7, 11) is 1.71. The molecule has 272 valence electrons. The van der Waals surface area contributed by atoms with E-state index in [1.54, 1.807) is 12.0 Å². The molecule has 4 unspecified atom stereocenters. The number of nitrogens with one attached hydrogen (secondary N) is 1. The molecule has 51 heavy (non-hydrogen) atoms. The number of aromatic nitrogens is 2. The molecule has 7 heterocycles. The lowest BCUT2D eigenvalue weighted by Gasteiger charge is -2.38. The smallest absolute Gasteiger partial charge is 0.409 e. The van der Waals surface area contributed by atoms with Crippen molar-refractivity contribution in [1.82, 2.24) is 25.1 Å². The Kier molecular flexibility index (Phi) is 8.92. The van der Waals surface area contributed by atoms with Gasteiger partial charge < -0.3 is 34.2 Å². The van der Waals surface area contributed by atoms with Gasteiger partial charge in [-0.3, -0.25) is 4.90 Å². The van der Waals surface area contributed by atoms with E-state index in [-0.39, 0.29) is 23.8 Å². The minimum Gasteiger partial charge on any atom is -0.461 e. The highest BCUT2D eigenvalue weighted by molar-refractivity contribution is 5.97. The van der Waals surface area contributed by atoms with Gasteiger partial charge in [-0.25, -0.2) is 4.79 Å². The third kappa shape index (κ3) is 6.18. The number of methoxy groups -OCH3 is 1. The molecule has 11 heteroatoms. The van der Waals surface area contributed by atoms with E-state index in [1.807, 2.05) is 0 Å².